The van der Waals surface area contributed by atoms with E-state index in [1.54, 1.807) is 18.2 Å². The van der Waals surface area contributed by atoms with Gasteiger partial charge in [-0.25, -0.2) is 0 Å². The Balaban J connectivity index is 2.00. The quantitative estimate of drug-likeness (QED) is 0.645. The first kappa shape index (κ1) is 16.7. The van der Waals surface area contributed by atoms with Gasteiger partial charge in [-0.1, -0.05) is 39.1 Å². The van der Waals surface area contributed by atoms with Gasteiger partial charge in [-0.2, -0.15) is 0 Å². The van der Waals surface area contributed by atoms with Gasteiger partial charge in [-0.05, 0) is 49.4 Å². The van der Waals surface area contributed by atoms with Crippen LogP contribution in [-0.2, 0) is 4.79 Å². The summed E-state index contributed by atoms with van der Waals surface area (Å²) in [7, 11) is 0. The summed E-state index contributed by atoms with van der Waals surface area (Å²) in [5.41, 5.74) is 0.598. The Morgan fingerprint density at radius 3 is 2.29 bits per heavy atom. The van der Waals surface area contributed by atoms with Gasteiger partial charge in [-0.3, -0.25) is 4.79 Å². The zero-order valence-electron chi connectivity index (χ0n) is 11.1. The molecule has 0 radical (unpaired) electrons. The Hall–Kier alpha value is -0.680. The van der Waals surface area contributed by atoms with Gasteiger partial charge < -0.3 is 5.32 Å². The molecule has 0 unspecified atom stereocenters. The predicted octanol–water partition coefficient (Wildman–Crippen LogP) is 5.88. The summed E-state index contributed by atoms with van der Waals surface area (Å²) >= 11 is 16.7. The van der Waals surface area contributed by atoms with Crippen LogP contribution in [0.3, 0.4) is 0 Å². The molecule has 1 amide bonds. The molecule has 1 atom stereocenters. The summed E-state index contributed by atoms with van der Waals surface area (Å²) in [6, 6.07) is 12.8. The standard InChI is InChI=1S/C15H12BrCl2NOS/c1-9(21-14-4-2-10(16)3-5-14)15(20)19-13-7-11(17)6-12(18)8-13/h2-9H,1H3,(H,19,20)/t9-/m0/s1. The zero-order chi connectivity index (χ0) is 15.4. The molecule has 2 nitrogen and oxygen atoms in total. The second-order valence-electron chi connectivity index (χ2n) is 4.36. The van der Waals surface area contributed by atoms with Crippen molar-refractivity contribution in [3.8, 4) is 0 Å². The number of amides is 1. The van der Waals surface area contributed by atoms with Gasteiger partial charge in [-0.15, -0.1) is 11.8 Å². The smallest absolute Gasteiger partial charge is 0.237 e. The number of hydrogen-bond acceptors (Lipinski definition) is 2. The molecule has 0 heterocycles. The van der Waals surface area contributed by atoms with Gasteiger partial charge >= 0.3 is 0 Å². The van der Waals surface area contributed by atoms with Gasteiger partial charge in [0.05, 0.1) is 5.25 Å². The van der Waals surface area contributed by atoms with Crippen LogP contribution in [0, 0.1) is 0 Å². The largest absolute Gasteiger partial charge is 0.325 e. The van der Waals surface area contributed by atoms with E-state index >= 15 is 0 Å². The number of carbonyl (C=O) groups excluding carboxylic acids is 1. The van der Waals surface area contributed by atoms with Crippen LogP contribution in [0.15, 0.2) is 51.8 Å². The van der Waals surface area contributed by atoms with Gasteiger partial charge in [0.25, 0.3) is 0 Å². The predicted molar refractivity (Wildman–Crippen MR) is 94.6 cm³/mol. The van der Waals surface area contributed by atoms with Crippen LogP contribution in [0.2, 0.25) is 10.0 Å². The third-order valence-electron chi connectivity index (χ3n) is 2.63. The average molecular weight is 405 g/mol. The number of halogens is 3. The minimum absolute atomic E-state index is 0.0961. The first-order valence-electron chi connectivity index (χ1n) is 6.13. The monoisotopic (exact) mass is 403 g/mol. The highest BCUT2D eigenvalue weighted by Crippen LogP contribution is 2.27. The Bertz CT molecular complexity index is 628. The van der Waals surface area contributed by atoms with E-state index in [0.29, 0.717) is 15.7 Å². The van der Waals surface area contributed by atoms with Gasteiger partial charge in [0, 0.05) is 25.1 Å². The Morgan fingerprint density at radius 2 is 1.71 bits per heavy atom. The van der Waals surface area contributed by atoms with Gasteiger partial charge in [0.2, 0.25) is 5.91 Å². The van der Waals surface area contributed by atoms with E-state index in [0.717, 1.165) is 9.37 Å². The van der Waals surface area contributed by atoms with Crippen molar-refractivity contribution in [3.05, 3.63) is 57.0 Å². The molecule has 0 bridgehead atoms. The molecule has 0 saturated carbocycles. The SMILES string of the molecule is C[C@H](Sc1ccc(Br)cc1)C(=O)Nc1cc(Cl)cc(Cl)c1. The highest BCUT2D eigenvalue weighted by molar-refractivity contribution is 9.10. The molecule has 2 aromatic carbocycles. The van der Waals surface area contributed by atoms with E-state index < -0.39 is 0 Å². The first-order valence-corrected chi connectivity index (χ1v) is 8.56. The molecule has 0 spiro atoms. The maximum Gasteiger partial charge on any atom is 0.237 e. The van der Waals surface area contributed by atoms with Crippen molar-refractivity contribution in [2.45, 2.75) is 17.1 Å². The van der Waals surface area contributed by atoms with Crippen LogP contribution in [-0.4, -0.2) is 11.2 Å². The van der Waals surface area contributed by atoms with Crippen LogP contribution in [0.1, 0.15) is 6.92 Å². The lowest BCUT2D eigenvalue weighted by molar-refractivity contribution is -0.115. The lowest BCUT2D eigenvalue weighted by atomic mass is 10.3. The second kappa shape index (κ2) is 7.54. The molecule has 0 aliphatic carbocycles. The third kappa shape index (κ3) is 5.22. The van der Waals surface area contributed by atoms with E-state index in [2.05, 4.69) is 21.2 Å². The Kier molecular flexibility index (Phi) is 5.99. The molecule has 0 aromatic heterocycles. The number of benzene rings is 2. The van der Waals surface area contributed by atoms with E-state index in [9.17, 15) is 4.79 Å². The summed E-state index contributed by atoms with van der Waals surface area (Å²) in [6.07, 6.45) is 0. The third-order valence-corrected chi connectivity index (χ3v) is 4.70. The Morgan fingerprint density at radius 1 is 1.14 bits per heavy atom. The van der Waals surface area contributed by atoms with Crippen molar-refractivity contribution in [2.75, 3.05) is 5.32 Å². The molecule has 2 rings (SSSR count). The zero-order valence-corrected chi connectivity index (χ0v) is 15.0. The highest BCUT2D eigenvalue weighted by Gasteiger charge is 2.15. The summed E-state index contributed by atoms with van der Waals surface area (Å²) in [5.74, 6) is -0.0961. The molecule has 0 fully saturated rings. The summed E-state index contributed by atoms with van der Waals surface area (Å²) in [6.45, 7) is 1.86. The summed E-state index contributed by atoms with van der Waals surface area (Å²) in [5, 5.41) is 3.57. The van der Waals surface area contributed by atoms with Crippen molar-refractivity contribution in [2.24, 2.45) is 0 Å². The number of thioether (sulfide) groups is 1. The first-order chi connectivity index (χ1) is 9.94. The van der Waals surface area contributed by atoms with Crippen LogP contribution < -0.4 is 5.32 Å². The average Bonchev–Trinajstić information content (AvgIpc) is 2.40. The maximum absolute atomic E-state index is 12.2. The minimum Gasteiger partial charge on any atom is -0.325 e. The van der Waals surface area contributed by atoms with E-state index in [1.807, 2.05) is 31.2 Å². The van der Waals surface area contributed by atoms with E-state index in [-0.39, 0.29) is 11.2 Å². The van der Waals surface area contributed by atoms with E-state index in [1.165, 1.54) is 11.8 Å². The van der Waals surface area contributed by atoms with Crippen molar-refractivity contribution in [3.63, 3.8) is 0 Å². The normalized spacial score (nSPS) is 12.0. The lowest BCUT2D eigenvalue weighted by Gasteiger charge is -2.12. The molecule has 2 aromatic rings. The van der Waals surface area contributed by atoms with Gasteiger partial charge in [0.15, 0.2) is 0 Å². The number of nitrogens with one attached hydrogen (secondary N) is 1. The van der Waals surface area contributed by atoms with Crippen molar-refractivity contribution in [1.29, 1.82) is 0 Å². The van der Waals surface area contributed by atoms with Crippen LogP contribution in [0.4, 0.5) is 5.69 Å². The van der Waals surface area contributed by atoms with Crippen molar-refractivity contribution < 1.29 is 4.79 Å². The van der Waals surface area contributed by atoms with Crippen molar-refractivity contribution >= 4 is 62.5 Å². The number of anilines is 1. The molecular weight excluding hydrogens is 393 g/mol. The highest BCUT2D eigenvalue weighted by atomic mass is 79.9. The van der Waals surface area contributed by atoms with Crippen molar-refractivity contribution in [1.82, 2.24) is 0 Å². The summed E-state index contributed by atoms with van der Waals surface area (Å²) in [4.78, 5) is 13.2. The lowest BCUT2D eigenvalue weighted by Crippen LogP contribution is -2.22. The van der Waals surface area contributed by atoms with Gasteiger partial charge in [0.1, 0.15) is 0 Å². The second-order valence-corrected chi connectivity index (χ2v) is 7.56. The fourth-order valence-electron chi connectivity index (χ4n) is 1.64. The number of hydrogen-bond donors (Lipinski definition) is 1. The minimum atomic E-state index is -0.232. The Labute approximate surface area is 146 Å². The maximum atomic E-state index is 12.2. The van der Waals surface area contributed by atoms with Crippen LogP contribution in [0.5, 0.6) is 0 Å². The molecule has 1 N–H and O–H groups in total. The molecule has 0 saturated heterocycles. The van der Waals surface area contributed by atoms with Crippen LogP contribution >= 0.6 is 50.9 Å². The molecule has 0 aliphatic rings. The molecule has 0 aliphatic heterocycles. The topological polar surface area (TPSA) is 29.1 Å². The summed E-state index contributed by atoms with van der Waals surface area (Å²) < 4.78 is 1.01. The molecular formula is C15H12BrCl2NOS. The van der Waals surface area contributed by atoms with E-state index in [4.69, 9.17) is 23.2 Å². The fourth-order valence-corrected chi connectivity index (χ4v) is 3.30. The molecule has 21 heavy (non-hydrogen) atoms. The van der Waals surface area contributed by atoms with Crippen LogP contribution in [0.25, 0.3) is 0 Å². The fraction of sp³-hybridized carbons (Fsp3) is 0.133. The number of rotatable bonds is 4. The molecule has 110 valence electrons. The molecule has 6 heteroatoms. The number of carbonyl (C=O) groups is 1.